The maximum atomic E-state index is 12.7. The lowest BCUT2D eigenvalue weighted by Gasteiger charge is -2.38. The predicted octanol–water partition coefficient (Wildman–Crippen LogP) is 2.98. The molecule has 0 fully saturated rings. The van der Waals surface area contributed by atoms with E-state index in [0.717, 1.165) is 16.6 Å². The van der Waals surface area contributed by atoms with Crippen molar-refractivity contribution in [1.29, 1.82) is 5.41 Å². The maximum absolute atomic E-state index is 12.7. The molecule has 0 saturated carbocycles. The Morgan fingerprint density at radius 1 is 1.11 bits per heavy atom. The minimum absolute atomic E-state index is 0.236. The Morgan fingerprint density at radius 2 is 1.71 bits per heavy atom. The molecule has 0 radical (unpaired) electrons. The van der Waals surface area contributed by atoms with Crippen molar-refractivity contribution in [3.05, 3.63) is 53.1 Å². The summed E-state index contributed by atoms with van der Waals surface area (Å²) in [4.78, 5) is 0.670. The van der Waals surface area contributed by atoms with E-state index in [0.29, 0.717) is 16.1 Å². The molecule has 0 spiro atoms. The van der Waals surface area contributed by atoms with Crippen molar-refractivity contribution < 1.29 is 14.3 Å². The smallest absolute Gasteiger partial charge is 0.310 e. The summed E-state index contributed by atoms with van der Waals surface area (Å²) in [6.07, 6.45) is 1.25. The molecule has 150 valence electrons. The maximum Gasteiger partial charge on any atom is 0.310 e. The van der Waals surface area contributed by atoms with Crippen LogP contribution in [0.2, 0.25) is 0 Å². The molecule has 0 heterocycles. The van der Waals surface area contributed by atoms with E-state index >= 15 is 0 Å². The Labute approximate surface area is 171 Å². The summed E-state index contributed by atoms with van der Waals surface area (Å²) in [5, 5.41) is 18.2. The normalized spacial score (nSPS) is 13.1. The van der Waals surface area contributed by atoms with E-state index in [-0.39, 0.29) is 7.48 Å². The van der Waals surface area contributed by atoms with Gasteiger partial charge in [-0.2, -0.15) is 0 Å². The zero-order chi connectivity index (χ0) is 21.1. The molecule has 0 aromatic heterocycles. The van der Waals surface area contributed by atoms with Gasteiger partial charge in [0.05, 0.1) is 16.9 Å². The van der Waals surface area contributed by atoms with Gasteiger partial charge in [-0.25, -0.2) is 4.72 Å². The van der Waals surface area contributed by atoms with E-state index in [9.17, 15) is 9.66 Å². The third-order valence-corrected chi connectivity index (χ3v) is 6.33. The number of rotatable bonds is 8. The first-order valence-electron chi connectivity index (χ1n) is 9.20. The fourth-order valence-electron chi connectivity index (χ4n) is 2.47. The molecule has 5 nitrogen and oxygen atoms in total. The van der Waals surface area contributed by atoms with Crippen molar-refractivity contribution >= 4 is 36.2 Å². The van der Waals surface area contributed by atoms with E-state index in [1.807, 2.05) is 64.1 Å². The molecule has 0 bridgehead atoms. The highest BCUT2D eigenvalue weighted by Gasteiger charge is 2.36. The lowest BCUT2D eigenvalue weighted by Crippen LogP contribution is -2.49. The molecule has 0 aliphatic carbocycles. The Bertz CT molecular complexity index is 833. The highest BCUT2D eigenvalue weighted by molar-refractivity contribution is 7.92. The number of aliphatic hydroxyl groups is 1. The fraction of sp³-hybridized carbons (Fsp3) is 0.381. The van der Waals surface area contributed by atoms with Crippen molar-refractivity contribution in [3.8, 4) is 0 Å². The van der Waals surface area contributed by atoms with Crippen LogP contribution in [0.15, 0.2) is 41.3 Å². The third-order valence-electron chi connectivity index (χ3n) is 5.22. The Kier molecular flexibility index (Phi) is 6.99. The molecule has 0 aliphatic heterocycles. The van der Waals surface area contributed by atoms with Crippen LogP contribution in [0.25, 0.3) is 0 Å². The van der Waals surface area contributed by atoms with Crippen LogP contribution in [0.4, 0.5) is 5.69 Å². The quantitative estimate of drug-likeness (QED) is 0.361. The van der Waals surface area contributed by atoms with Gasteiger partial charge in [0.1, 0.15) is 11.4 Å². The summed E-state index contributed by atoms with van der Waals surface area (Å²) in [6.45, 7) is 11.0. The molecule has 2 aromatic rings. The average molecular weight is 400 g/mol. The topological polar surface area (TPSA) is 88.4 Å². The number of aryl methyl sites for hydroxylation is 2. The summed E-state index contributed by atoms with van der Waals surface area (Å²) >= 11 is -1.44. The summed E-state index contributed by atoms with van der Waals surface area (Å²) in [5.41, 5.74) is 2.35. The van der Waals surface area contributed by atoms with Gasteiger partial charge in [0.25, 0.3) is 0 Å². The van der Waals surface area contributed by atoms with Crippen LogP contribution < -0.4 is 10.2 Å². The van der Waals surface area contributed by atoms with Crippen molar-refractivity contribution in [1.82, 2.24) is 0 Å². The SMILES string of the molecule is Cc1ccc([S+]([O-])Nc2ccc(C)c(BOC(C)(C)C(C)(C)O)c2C=N)cc1. The van der Waals surface area contributed by atoms with Crippen LogP contribution >= 0.6 is 0 Å². The molecule has 2 rings (SSSR count). The number of benzene rings is 2. The standard InChI is InChI=1S/C21H29BN2O3S/c1-14-7-10-16(11-8-14)28(26)24-18-12-9-15(2)19(17(18)13-23)22-27-21(5,6)20(3,4)25/h7-13,22-25H,1-6H3. The van der Waals surface area contributed by atoms with E-state index < -0.39 is 22.6 Å². The van der Waals surface area contributed by atoms with E-state index in [1.54, 1.807) is 13.8 Å². The van der Waals surface area contributed by atoms with Crippen molar-refractivity contribution in [2.45, 2.75) is 57.6 Å². The van der Waals surface area contributed by atoms with Crippen LogP contribution in [-0.2, 0) is 16.0 Å². The van der Waals surface area contributed by atoms with Crippen LogP contribution in [0, 0.1) is 19.3 Å². The van der Waals surface area contributed by atoms with Gasteiger partial charge in [-0.3, -0.25) is 0 Å². The van der Waals surface area contributed by atoms with Gasteiger partial charge in [-0.1, -0.05) is 29.3 Å². The zero-order valence-electron chi connectivity index (χ0n) is 17.4. The zero-order valence-corrected chi connectivity index (χ0v) is 18.2. The molecule has 2 aromatic carbocycles. The van der Waals surface area contributed by atoms with Gasteiger partial charge in [0.15, 0.2) is 4.90 Å². The minimum Gasteiger partial charge on any atom is -0.588 e. The van der Waals surface area contributed by atoms with E-state index in [2.05, 4.69) is 4.72 Å². The van der Waals surface area contributed by atoms with E-state index in [1.165, 1.54) is 6.21 Å². The number of nitrogens with one attached hydrogen (secondary N) is 2. The van der Waals surface area contributed by atoms with Crippen LogP contribution in [0.1, 0.15) is 44.4 Å². The van der Waals surface area contributed by atoms with Gasteiger partial charge >= 0.3 is 7.48 Å². The molecule has 0 amide bonds. The second-order valence-electron chi connectivity index (χ2n) is 8.01. The van der Waals surface area contributed by atoms with Crippen LogP contribution in [0.3, 0.4) is 0 Å². The molecule has 1 atom stereocenters. The largest absolute Gasteiger partial charge is 0.588 e. The molecule has 7 heteroatoms. The highest BCUT2D eigenvalue weighted by Crippen LogP contribution is 2.25. The molecular formula is C21H29BN2O3S. The van der Waals surface area contributed by atoms with Crippen molar-refractivity contribution in [2.24, 2.45) is 0 Å². The van der Waals surface area contributed by atoms with Gasteiger partial charge in [-0.05, 0) is 65.2 Å². The van der Waals surface area contributed by atoms with Crippen molar-refractivity contribution in [2.75, 3.05) is 4.72 Å². The first-order valence-corrected chi connectivity index (χ1v) is 10.4. The second-order valence-corrected chi connectivity index (χ2v) is 9.22. The molecule has 3 N–H and O–H groups in total. The molecule has 28 heavy (non-hydrogen) atoms. The Morgan fingerprint density at radius 3 is 2.25 bits per heavy atom. The Balaban J connectivity index is 2.28. The second kappa shape index (κ2) is 8.70. The van der Waals surface area contributed by atoms with Gasteiger partial charge in [0, 0.05) is 11.8 Å². The molecule has 0 saturated heterocycles. The average Bonchev–Trinajstić information content (AvgIpc) is 2.61. The molecule has 1 unspecified atom stereocenters. The molecular weight excluding hydrogens is 371 g/mol. The summed E-state index contributed by atoms with van der Waals surface area (Å²) in [5.74, 6) is 0. The van der Waals surface area contributed by atoms with Gasteiger partial charge in [0.2, 0.25) is 0 Å². The first kappa shape index (κ1) is 22.5. The summed E-state index contributed by atoms with van der Waals surface area (Å²) in [6, 6.07) is 11.2. The lowest BCUT2D eigenvalue weighted by atomic mass is 9.77. The first-order chi connectivity index (χ1) is 13.0. The van der Waals surface area contributed by atoms with Crippen LogP contribution in [-0.4, -0.2) is 34.6 Å². The predicted molar refractivity (Wildman–Crippen MR) is 119 cm³/mol. The third kappa shape index (κ3) is 5.17. The summed E-state index contributed by atoms with van der Waals surface area (Å²) < 4.78 is 21.7. The van der Waals surface area contributed by atoms with Gasteiger partial charge in [-0.15, -0.1) is 0 Å². The van der Waals surface area contributed by atoms with Gasteiger partial charge < -0.3 is 19.7 Å². The lowest BCUT2D eigenvalue weighted by molar-refractivity contribution is -0.0893. The monoisotopic (exact) mass is 400 g/mol. The van der Waals surface area contributed by atoms with Crippen molar-refractivity contribution in [3.63, 3.8) is 0 Å². The number of hydrogen-bond donors (Lipinski definition) is 3. The Hall–Kier alpha value is -1.80. The fourth-order valence-corrected chi connectivity index (χ4v) is 3.35. The summed E-state index contributed by atoms with van der Waals surface area (Å²) in [7, 11) is 0.236. The highest BCUT2D eigenvalue weighted by atomic mass is 32.2. The number of anilines is 1. The van der Waals surface area contributed by atoms with E-state index in [4.69, 9.17) is 10.1 Å². The molecule has 0 aliphatic rings. The minimum atomic E-state index is -1.44. The number of hydrogen-bond acceptors (Lipinski definition) is 5. The van der Waals surface area contributed by atoms with Crippen LogP contribution in [0.5, 0.6) is 0 Å².